The van der Waals surface area contributed by atoms with Gasteiger partial charge in [-0.1, -0.05) is 12.1 Å². The van der Waals surface area contributed by atoms with E-state index in [0.717, 1.165) is 39.0 Å². The lowest BCUT2D eigenvalue weighted by Gasteiger charge is -2.31. The van der Waals surface area contributed by atoms with E-state index < -0.39 is 11.7 Å². The summed E-state index contributed by atoms with van der Waals surface area (Å²) >= 11 is 0. The molecular formula is C18H20FN5O. The first-order chi connectivity index (χ1) is 12.2. The van der Waals surface area contributed by atoms with Gasteiger partial charge in [-0.2, -0.15) is 0 Å². The molecule has 1 aromatic heterocycles. The highest BCUT2D eigenvalue weighted by Crippen LogP contribution is 2.24. The number of carbonyl (C=O) groups excluding carboxylic acids is 1. The predicted octanol–water partition coefficient (Wildman–Crippen LogP) is 2.15. The highest BCUT2D eigenvalue weighted by Gasteiger charge is 2.30. The van der Waals surface area contributed by atoms with Crippen LogP contribution in [-0.2, 0) is 0 Å². The Bertz CT molecular complexity index is 758. The molecule has 1 amide bonds. The molecule has 3 aliphatic rings. The largest absolute Gasteiger partial charge is 0.336 e. The summed E-state index contributed by atoms with van der Waals surface area (Å²) in [7, 11) is 0. The van der Waals surface area contributed by atoms with Crippen LogP contribution in [0.5, 0.6) is 0 Å². The molecule has 5 rings (SSSR count). The fourth-order valence-corrected chi connectivity index (χ4v) is 3.53. The van der Waals surface area contributed by atoms with Crippen LogP contribution in [0.1, 0.15) is 23.2 Å². The van der Waals surface area contributed by atoms with E-state index in [4.69, 9.17) is 0 Å². The molecule has 1 N–H and O–H groups in total. The van der Waals surface area contributed by atoms with Crippen molar-refractivity contribution in [2.24, 2.45) is 0 Å². The van der Waals surface area contributed by atoms with Gasteiger partial charge in [0.1, 0.15) is 5.82 Å². The van der Waals surface area contributed by atoms with Crippen LogP contribution < -0.4 is 10.2 Å². The molecule has 7 heteroatoms. The second-order valence-electron chi connectivity index (χ2n) is 6.47. The lowest BCUT2D eigenvalue weighted by Crippen LogP contribution is -2.38. The summed E-state index contributed by atoms with van der Waals surface area (Å²) in [6.07, 6.45) is 5.43. The average Bonchev–Trinajstić information content (AvgIpc) is 2.97. The van der Waals surface area contributed by atoms with E-state index in [1.807, 2.05) is 0 Å². The number of amides is 1. The predicted molar refractivity (Wildman–Crippen MR) is 93.2 cm³/mol. The van der Waals surface area contributed by atoms with Crippen molar-refractivity contribution < 1.29 is 9.18 Å². The fourth-order valence-electron chi connectivity index (χ4n) is 3.53. The number of piperidine rings is 1. The second-order valence-corrected chi connectivity index (χ2v) is 6.47. The average molecular weight is 341 g/mol. The maximum atomic E-state index is 13.7. The van der Waals surface area contributed by atoms with Crippen molar-refractivity contribution in [1.82, 2.24) is 14.9 Å². The van der Waals surface area contributed by atoms with Crippen LogP contribution in [0.3, 0.4) is 0 Å². The van der Waals surface area contributed by atoms with Crippen molar-refractivity contribution in [3.05, 3.63) is 48.0 Å². The molecule has 1 aromatic carbocycles. The Morgan fingerprint density at radius 3 is 2.52 bits per heavy atom. The molecule has 0 atom stereocenters. The Kier molecular flexibility index (Phi) is 4.31. The van der Waals surface area contributed by atoms with Gasteiger partial charge in [-0.05, 0) is 25.0 Å². The van der Waals surface area contributed by atoms with Gasteiger partial charge < -0.3 is 15.1 Å². The molecule has 3 aliphatic heterocycles. The van der Waals surface area contributed by atoms with Crippen LogP contribution >= 0.6 is 0 Å². The maximum absolute atomic E-state index is 13.7. The standard InChI is InChI=1S/C18H20FN5O/c19-16-4-2-1-3-15(16)17(25)22-13-11-20-18(21-12-13)24-10-9-23-7-5-14(24)6-8-23/h1-4,11-12,14H,5-10H2,(H,22,25). The molecule has 3 fully saturated rings. The molecule has 0 unspecified atom stereocenters. The van der Waals surface area contributed by atoms with E-state index >= 15 is 0 Å². The summed E-state index contributed by atoms with van der Waals surface area (Å²) in [5, 5.41) is 2.64. The zero-order valence-electron chi connectivity index (χ0n) is 13.9. The molecule has 0 radical (unpaired) electrons. The van der Waals surface area contributed by atoms with Gasteiger partial charge in [0.15, 0.2) is 0 Å². The zero-order valence-corrected chi connectivity index (χ0v) is 13.9. The molecule has 0 spiro atoms. The van der Waals surface area contributed by atoms with Crippen LogP contribution in [0.15, 0.2) is 36.7 Å². The number of hydrogen-bond donors (Lipinski definition) is 1. The normalized spacial score (nSPS) is 22.5. The summed E-state index contributed by atoms with van der Waals surface area (Å²) in [6.45, 7) is 4.23. The summed E-state index contributed by atoms with van der Waals surface area (Å²) < 4.78 is 13.7. The molecule has 3 saturated heterocycles. The monoisotopic (exact) mass is 341 g/mol. The van der Waals surface area contributed by atoms with Gasteiger partial charge >= 0.3 is 0 Å². The number of nitrogens with zero attached hydrogens (tertiary/aromatic N) is 4. The van der Waals surface area contributed by atoms with Gasteiger partial charge in [-0.3, -0.25) is 4.79 Å². The first kappa shape index (κ1) is 16.0. The van der Waals surface area contributed by atoms with E-state index in [2.05, 4.69) is 25.1 Å². The number of carbonyl (C=O) groups is 1. The van der Waals surface area contributed by atoms with E-state index in [1.165, 1.54) is 12.1 Å². The van der Waals surface area contributed by atoms with Crippen molar-refractivity contribution in [3.8, 4) is 0 Å². The Hall–Kier alpha value is -2.54. The highest BCUT2D eigenvalue weighted by molar-refractivity contribution is 6.04. The number of fused-ring (bicyclic) bond motifs is 4. The minimum absolute atomic E-state index is 0.00476. The molecule has 2 aromatic rings. The number of halogens is 1. The first-order valence-electron chi connectivity index (χ1n) is 8.57. The number of rotatable bonds is 3. The van der Waals surface area contributed by atoms with Crippen LogP contribution in [0.25, 0.3) is 0 Å². The number of aromatic nitrogens is 2. The van der Waals surface area contributed by atoms with Crippen LogP contribution in [0.4, 0.5) is 16.0 Å². The SMILES string of the molecule is O=C(Nc1cnc(N2CCN3CCC2CC3)nc1)c1ccccc1F. The van der Waals surface area contributed by atoms with Crippen LogP contribution in [0, 0.1) is 5.82 Å². The third kappa shape index (κ3) is 3.32. The quantitative estimate of drug-likeness (QED) is 0.927. The van der Waals surface area contributed by atoms with Gasteiger partial charge in [0.05, 0.1) is 23.6 Å². The topological polar surface area (TPSA) is 61.4 Å². The van der Waals surface area contributed by atoms with Crippen molar-refractivity contribution in [2.75, 3.05) is 36.4 Å². The lowest BCUT2D eigenvalue weighted by molar-refractivity contribution is 0.102. The number of benzene rings is 1. The third-order valence-electron chi connectivity index (χ3n) is 4.93. The minimum atomic E-state index is -0.548. The Balaban J connectivity index is 1.47. The molecule has 4 heterocycles. The third-order valence-corrected chi connectivity index (χ3v) is 4.93. The minimum Gasteiger partial charge on any atom is -0.336 e. The molecule has 2 bridgehead atoms. The summed E-state index contributed by atoms with van der Waals surface area (Å²) in [4.78, 5) is 25.7. The van der Waals surface area contributed by atoms with Gasteiger partial charge in [0.2, 0.25) is 5.95 Å². The molecule has 0 saturated carbocycles. The van der Waals surface area contributed by atoms with Crippen LogP contribution in [-0.4, -0.2) is 53.0 Å². The summed E-state index contributed by atoms with van der Waals surface area (Å²) in [6, 6.07) is 6.37. The molecular weight excluding hydrogens is 321 g/mol. The maximum Gasteiger partial charge on any atom is 0.258 e. The Morgan fingerprint density at radius 2 is 1.80 bits per heavy atom. The van der Waals surface area contributed by atoms with Crippen LogP contribution in [0.2, 0.25) is 0 Å². The highest BCUT2D eigenvalue weighted by atomic mass is 19.1. The van der Waals surface area contributed by atoms with E-state index in [0.29, 0.717) is 17.7 Å². The van der Waals surface area contributed by atoms with Gasteiger partial charge in [-0.25, -0.2) is 14.4 Å². The molecule has 0 aliphatic carbocycles. The van der Waals surface area contributed by atoms with Gasteiger partial charge in [0, 0.05) is 32.2 Å². The van der Waals surface area contributed by atoms with E-state index in [-0.39, 0.29) is 5.56 Å². The molecule has 130 valence electrons. The summed E-state index contributed by atoms with van der Waals surface area (Å²) in [5.74, 6) is -0.360. The zero-order chi connectivity index (χ0) is 17.2. The van der Waals surface area contributed by atoms with E-state index in [9.17, 15) is 9.18 Å². The number of hydrogen-bond acceptors (Lipinski definition) is 5. The van der Waals surface area contributed by atoms with Gasteiger partial charge in [0.25, 0.3) is 5.91 Å². The fraction of sp³-hybridized carbons (Fsp3) is 0.389. The Morgan fingerprint density at radius 1 is 1.08 bits per heavy atom. The second kappa shape index (κ2) is 6.76. The smallest absolute Gasteiger partial charge is 0.258 e. The van der Waals surface area contributed by atoms with Crippen molar-refractivity contribution in [2.45, 2.75) is 18.9 Å². The number of nitrogens with one attached hydrogen (secondary N) is 1. The Labute approximate surface area is 145 Å². The van der Waals surface area contributed by atoms with Crippen molar-refractivity contribution >= 4 is 17.5 Å². The van der Waals surface area contributed by atoms with Gasteiger partial charge in [-0.15, -0.1) is 0 Å². The van der Waals surface area contributed by atoms with Crippen molar-refractivity contribution in [1.29, 1.82) is 0 Å². The molecule has 25 heavy (non-hydrogen) atoms. The lowest BCUT2D eigenvalue weighted by atomic mass is 10.1. The molecule has 6 nitrogen and oxygen atoms in total. The first-order valence-corrected chi connectivity index (χ1v) is 8.57. The van der Waals surface area contributed by atoms with E-state index in [1.54, 1.807) is 24.5 Å². The number of anilines is 2. The summed E-state index contributed by atoms with van der Waals surface area (Å²) in [5.41, 5.74) is 0.463. The van der Waals surface area contributed by atoms with Crippen molar-refractivity contribution in [3.63, 3.8) is 0 Å².